The van der Waals surface area contributed by atoms with Gasteiger partial charge in [0, 0.05) is 0 Å². The Kier molecular flexibility index (Phi) is 19.0. The molecule has 0 aliphatic carbocycles. The predicted molar refractivity (Wildman–Crippen MR) is 121 cm³/mol. The summed E-state index contributed by atoms with van der Waals surface area (Å²) in [5.41, 5.74) is 0. The van der Waals surface area contributed by atoms with E-state index in [0.717, 1.165) is 6.42 Å². The maximum absolute atomic E-state index is 5.04. The largest absolute Gasteiger partial charge is 0.168 e. The molecule has 0 N–H and O–H groups in total. The van der Waals surface area contributed by atoms with Crippen LogP contribution >= 0.6 is 34.1 Å². The van der Waals surface area contributed by atoms with E-state index in [1.807, 2.05) is 6.92 Å². The predicted octanol–water partition coefficient (Wildman–Crippen LogP) is 7.50. The quantitative estimate of drug-likeness (QED) is 0.189. The monoisotopic (exact) mass is 456 g/mol. The number of rotatable bonds is 0. The van der Waals surface area contributed by atoms with Gasteiger partial charge in [0.1, 0.15) is 0 Å². The summed E-state index contributed by atoms with van der Waals surface area (Å²) in [5, 5.41) is 5.32. The van der Waals surface area contributed by atoms with Crippen LogP contribution in [-0.4, -0.2) is 7.63 Å². The van der Waals surface area contributed by atoms with Gasteiger partial charge < -0.3 is 6.92 Å². The van der Waals surface area contributed by atoms with Crippen LogP contribution in [0.25, 0.3) is 21.5 Å². The van der Waals surface area contributed by atoms with Gasteiger partial charge in [0.15, 0.2) is 0 Å². The molecule has 0 unspecified atom stereocenters. The Morgan fingerprint density at radius 2 is 1.15 bits per heavy atom. The topological polar surface area (TPSA) is 0 Å². The van der Waals surface area contributed by atoms with Crippen LogP contribution in [0.1, 0.15) is 13.3 Å². The molecular weight excluding hydrogens is 435 g/mol. The molecule has 0 aliphatic heterocycles. The first-order valence-corrected chi connectivity index (χ1v) is 12.8. The van der Waals surface area contributed by atoms with Gasteiger partial charge in [-0.05, 0) is 0 Å². The van der Waals surface area contributed by atoms with E-state index >= 15 is 0 Å². The third-order valence-electron chi connectivity index (χ3n) is 3.10. The molecule has 0 aromatic heterocycles. The van der Waals surface area contributed by atoms with Crippen LogP contribution < -0.4 is 0 Å². The van der Waals surface area contributed by atoms with Crippen LogP contribution in [0.5, 0.6) is 0 Å². The normalized spacial score (nSPS) is 8.12. The van der Waals surface area contributed by atoms with Crippen molar-refractivity contribution in [1.82, 2.24) is 0 Å². The van der Waals surface area contributed by atoms with Crippen molar-refractivity contribution in [2.24, 2.45) is 0 Å². The average Bonchev–Trinajstić information content (AvgIpc) is 3.26. The summed E-state index contributed by atoms with van der Waals surface area (Å²) < 4.78 is 0. The first kappa shape index (κ1) is 27.7. The smallest absolute Gasteiger partial charge is 0.0809 e. The summed E-state index contributed by atoms with van der Waals surface area (Å²) >= 11 is -0.222. The molecule has 26 heavy (non-hydrogen) atoms. The molecular formula is C21H23Cl3SiTi-3. The molecule has 0 nitrogen and oxygen atoms in total. The molecule has 0 saturated heterocycles. The van der Waals surface area contributed by atoms with Gasteiger partial charge in [0.25, 0.3) is 0 Å². The van der Waals surface area contributed by atoms with E-state index in [2.05, 4.69) is 99.5 Å². The average molecular weight is 458 g/mol. The third kappa shape index (κ3) is 10.6. The molecule has 0 amide bonds. The molecule has 0 heterocycles. The number of hydrogen-bond donors (Lipinski definition) is 0. The van der Waals surface area contributed by atoms with Crippen molar-refractivity contribution >= 4 is 63.3 Å². The minimum absolute atomic E-state index is 0. The Hall–Kier alpha value is -0.539. The van der Waals surface area contributed by atoms with E-state index in [0.29, 0.717) is 0 Å². The second-order valence-corrected chi connectivity index (χ2v) is 8.32. The summed E-state index contributed by atoms with van der Waals surface area (Å²) in [6.45, 7) is 5.50. The van der Waals surface area contributed by atoms with Crippen LogP contribution in [0.3, 0.4) is 0 Å². The Bertz CT molecular complexity index is 697. The standard InChI is InChI=1S/2C9H7.C3H7.3ClH.Si.Ti/c2*1-2-5-9-7-3-6-8(9)4-1;1-3-2;;;;;/h2*1-7H;1,3H2,2H3;3*1H;;/q3*-1;;;;;+1/p-1. The van der Waals surface area contributed by atoms with E-state index in [4.69, 9.17) is 9.30 Å². The van der Waals surface area contributed by atoms with Crippen LogP contribution in [0.4, 0.5) is 0 Å². The molecule has 0 fully saturated rings. The zero-order valence-electron chi connectivity index (χ0n) is 14.7. The van der Waals surface area contributed by atoms with Crippen molar-refractivity contribution in [3.8, 4) is 0 Å². The van der Waals surface area contributed by atoms with Gasteiger partial charge in [-0.3, -0.25) is 0 Å². The zero-order valence-corrected chi connectivity index (χ0v) is 19.6. The SMILES string of the molecule is Cl.Cl.[CH2-]CC.[Si]=[Ti][Cl].c1ccc2[cH-]ccc2c1.c1ccc2[cH-]ccc2c1. The summed E-state index contributed by atoms with van der Waals surface area (Å²) in [6.07, 6.45) is 1.00. The van der Waals surface area contributed by atoms with Crippen LogP contribution in [0.15, 0.2) is 84.9 Å². The molecule has 0 aliphatic rings. The minimum atomic E-state index is -0.222. The summed E-state index contributed by atoms with van der Waals surface area (Å²) in [6, 6.07) is 29.3. The van der Waals surface area contributed by atoms with E-state index in [9.17, 15) is 0 Å². The minimum Gasteiger partial charge on any atom is -0.168 e. The maximum Gasteiger partial charge on any atom is -0.0809 e. The molecule has 4 aromatic rings. The molecule has 2 radical (unpaired) electrons. The van der Waals surface area contributed by atoms with Crippen molar-refractivity contribution in [3.63, 3.8) is 0 Å². The second-order valence-electron chi connectivity index (χ2n) is 4.90. The fourth-order valence-electron chi connectivity index (χ4n) is 2.14. The number of fused-ring (bicyclic) bond motifs is 2. The van der Waals surface area contributed by atoms with Crippen LogP contribution in [0.2, 0.25) is 0 Å². The van der Waals surface area contributed by atoms with Crippen molar-refractivity contribution < 1.29 is 16.8 Å². The van der Waals surface area contributed by atoms with E-state index in [-0.39, 0.29) is 41.6 Å². The van der Waals surface area contributed by atoms with Gasteiger partial charge in [0.05, 0.1) is 0 Å². The van der Waals surface area contributed by atoms with Crippen molar-refractivity contribution in [3.05, 3.63) is 91.9 Å². The van der Waals surface area contributed by atoms with Crippen LogP contribution in [0, 0.1) is 6.92 Å². The Balaban J connectivity index is 0. The van der Waals surface area contributed by atoms with Crippen molar-refractivity contribution in [2.75, 3.05) is 0 Å². The maximum atomic E-state index is 5.04. The number of hydrogen-bond acceptors (Lipinski definition) is 0. The zero-order chi connectivity index (χ0) is 17.6. The summed E-state index contributed by atoms with van der Waals surface area (Å²) in [4.78, 5) is 0. The first-order valence-electron chi connectivity index (χ1n) is 7.79. The molecule has 0 atom stereocenters. The van der Waals surface area contributed by atoms with Gasteiger partial charge in [-0.15, -0.1) is 84.1 Å². The fraction of sp³-hybridized carbons (Fsp3) is 0.0952. The van der Waals surface area contributed by atoms with Gasteiger partial charge in [-0.1, -0.05) is 19.1 Å². The van der Waals surface area contributed by atoms with Gasteiger partial charge in [-0.25, -0.2) is 0 Å². The molecule has 5 heteroatoms. The number of halogens is 3. The van der Waals surface area contributed by atoms with Gasteiger partial charge in [0.2, 0.25) is 0 Å². The Labute approximate surface area is 184 Å². The summed E-state index contributed by atoms with van der Waals surface area (Å²) in [7, 11) is 8.11. The van der Waals surface area contributed by atoms with Crippen molar-refractivity contribution in [2.45, 2.75) is 13.3 Å². The molecule has 4 rings (SSSR count). The molecule has 0 bridgehead atoms. The van der Waals surface area contributed by atoms with Gasteiger partial charge in [-0.2, -0.15) is 41.5 Å². The Morgan fingerprint density at radius 3 is 1.46 bits per heavy atom. The molecule has 139 valence electrons. The summed E-state index contributed by atoms with van der Waals surface area (Å²) in [5.74, 6) is 0. The van der Waals surface area contributed by atoms with Crippen LogP contribution in [-0.2, 0) is 16.8 Å². The molecule has 0 spiro atoms. The molecule has 4 aromatic carbocycles. The first-order chi connectivity index (χ1) is 11.8. The third-order valence-corrected chi connectivity index (χ3v) is 3.10. The molecule has 0 saturated carbocycles. The van der Waals surface area contributed by atoms with Crippen molar-refractivity contribution in [1.29, 1.82) is 0 Å². The van der Waals surface area contributed by atoms with Gasteiger partial charge >= 0.3 is 33.8 Å². The number of benzene rings is 2. The second kappa shape index (κ2) is 17.9. The Morgan fingerprint density at radius 1 is 0.846 bits per heavy atom. The van der Waals surface area contributed by atoms with E-state index in [1.165, 1.54) is 21.5 Å². The van der Waals surface area contributed by atoms with E-state index in [1.54, 1.807) is 0 Å². The van der Waals surface area contributed by atoms with E-state index < -0.39 is 0 Å². The fourth-order valence-corrected chi connectivity index (χ4v) is 2.14.